The maximum Gasteiger partial charge on any atom is 0.341 e. The summed E-state index contributed by atoms with van der Waals surface area (Å²) in [7, 11) is 0. The molecule has 3 aliphatic rings. The van der Waals surface area contributed by atoms with E-state index >= 15 is 4.39 Å². The van der Waals surface area contributed by atoms with Crippen molar-refractivity contribution in [1.29, 1.82) is 0 Å². The number of halogens is 2. The molecule has 2 aromatic rings. The number of aromatic carboxylic acids is 1. The van der Waals surface area contributed by atoms with Crippen molar-refractivity contribution in [1.82, 2.24) is 4.57 Å². The Kier molecular flexibility index (Phi) is 4.22. The summed E-state index contributed by atoms with van der Waals surface area (Å²) in [5.74, 6) is -1.76. The number of carbonyl (C=O) groups is 1. The molecule has 5 rings (SSSR count). The van der Waals surface area contributed by atoms with Crippen molar-refractivity contribution in [2.75, 3.05) is 18.0 Å². The molecule has 152 valence electrons. The third kappa shape index (κ3) is 2.87. The van der Waals surface area contributed by atoms with Crippen molar-refractivity contribution in [3.63, 3.8) is 0 Å². The number of carboxylic acids is 1. The number of aromatic nitrogens is 1. The molecule has 1 saturated carbocycles. The van der Waals surface area contributed by atoms with Crippen molar-refractivity contribution < 1.29 is 14.3 Å². The lowest BCUT2D eigenvalue weighted by Crippen LogP contribution is -2.34. The highest BCUT2D eigenvalue weighted by molar-refractivity contribution is 6.38. The predicted molar refractivity (Wildman–Crippen MR) is 109 cm³/mol. The highest BCUT2D eigenvalue weighted by Gasteiger charge is 2.37. The van der Waals surface area contributed by atoms with E-state index in [1.165, 1.54) is 11.8 Å². The van der Waals surface area contributed by atoms with Gasteiger partial charge in [0.05, 0.1) is 21.6 Å². The van der Waals surface area contributed by atoms with Gasteiger partial charge in [0.25, 0.3) is 0 Å². The molecule has 2 atom stereocenters. The van der Waals surface area contributed by atoms with E-state index in [-0.39, 0.29) is 39.7 Å². The second-order valence-corrected chi connectivity index (χ2v) is 8.62. The highest BCUT2D eigenvalue weighted by atomic mass is 35.5. The van der Waals surface area contributed by atoms with Crippen molar-refractivity contribution in [2.24, 2.45) is 11.7 Å². The monoisotopic (exact) mass is 417 g/mol. The molecule has 1 aromatic carbocycles. The minimum Gasteiger partial charge on any atom is -0.477 e. The molecule has 3 N–H and O–H groups in total. The number of allylic oxidation sites excluding steroid dienone is 1. The van der Waals surface area contributed by atoms with E-state index in [9.17, 15) is 14.7 Å². The summed E-state index contributed by atoms with van der Waals surface area (Å²) in [4.78, 5) is 26.1. The van der Waals surface area contributed by atoms with Gasteiger partial charge in [0.2, 0.25) is 5.43 Å². The van der Waals surface area contributed by atoms with Gasteiger partial charge in [0.1, 0.15) is 11.4 Å². The van der Waals surface area contributed by atoms with Crippen molar-refractivity contribution in [3.8, 4) is 0 Å². The summed E-state index contributed by atoms with van der Waals surface area (Å²) in [5, 5.41) is 9.57. The second-order valence-electron chi connectivity index (χ2n) is 8.24. The van der Waals surface area contributed by atoms with E-state index in [0.29, 0.717) is 18.6 Å². The first-order valence-corrected chi connectivity index (χ1v) is 10.2. The number of pyridine rings is 1. The first-order valence-electron chi connectivity index (χ1n) is 9.86. The van der Waals surface area contributed by atoms with Crippen LogP contribution in [-0.2, 0) is 0 Å². The molecule has 29 heavy (non-hydrogen) atoms. The molecule has 1 aliphatic heterocycles. The van der Waals surface area contributed by atoms with Crippen molar-refractivity contribution in [2.45, 2.75) is 37.8 Å². The quantitative estimate of drug-likeness (QED) is 0.748. The number of nitrogens with zero attached hydrogens (tertiary/aromatic N) is 2. The Morgan fingerprint density at radius 1 is 1.31 bits per heavy atom. The van der Waals surface area contributed by atoms with Gasteiger partial charge >= 0.3 is 5.97 Å². The third-order valence-corrected chi connectivity index (χ3v) is 6.72. The van der Waals surface area contributed by atoms with Gasteiger partial charge in [0.15, 0.2) is 0 Å². The van der Waals surface area contributed by atoms with Crippen LogP contribution in [0.15, 0.2) is 28.7 Å². The Balaban J connectivity index is 1.71. The maximum absolute atomic E-state index is 15.2. The lowest BCUT2D eigenvalue weighted by Gasteiger charge is -2.25. The standard InChI is InChI=1S/C21H21ClFN3O3/c22-17-18-12(20(27)14(21(28)29)9-26(18)11-4-5-11)6-15(23)19(17)25-7-10-2-1-3-16(24)13(10)8-25/h2,6,9,11,13,16H,1,3-5,7-8,24H2,(H,28,29). The molecule has 0 radical (unpaired) electrons. The molecular weight excluding hydrogens is 397 g/mol. The highest BCUT2D eigenvalue weighted by Crippen LogP contribution is 2.44. The molecule has 2 aliphatic carbocycles. The zero-order chi connectivity index (χ0) is 20.4. The van der Waals surface area contributed by atoms with E-state index in [0.717, 1.165) is 31.7 Å². The van der Waals surface area contributed by atoms with Gasteiger partial charge in [-0.1, -0.05) is 17.7 Å². The van der Waals surface area contributed by atoms with E-state index in [1.54, 1.807) is 4.57 Å². The van der Waals surface area contributed by atoms with Crippen LogP contribution in [0.5, 0.6) is 0 Å². The molecule has 0 bridgehead atoms. The molecule has 8 heteroatoms. The molecule has 6 nitrogen and oxygen atoms in total. The van der Waals surface area contributed by atoms with Gasteiger partial charge in [-0.15, -0.1) is 0 Å². The Labute approximate surface area is 171 Å². The zero-order valence-electron chi connectivity index (χ0n) is 15.7. The molecule has 2 heterocycles. The van der Waals surface area contributed by atoms with Gasteiger partial charge in [-0.25, -0.2) is 9.18 Å². The van der Waals surface area contributed by atoms with Crippen LogP contribution in [0.3, 0.4) is 0 Å². The molecule has 1 saturated heterocycles. The summed E-state index contributed by atoms with van der Waals surface area (Å²) < 4.78 is 16.9. The average Bonchev–Trinajstić information content (AvgIpc) is 3.42. The Bertz CT molecular complexity index is 1140. The Morgan fingerprint density at radius 3 is 2.72 bits per heavy atom. The normalized spacial score (nSPS) is 24.0. The Morgan fingerprint density at radius 2 is 2.07 bits per heavy atom. The number of fused-ring (bicyclic) bond motifs is 2. The van der Waals surface area contributed by atoms with Gasteiger partial charge in [0, 0.05) is 37.3 Å². The van der Waals surface area contributed by atoms with Gasteiger partial charge < -0.3 is 20.3 Å². The Hall–Kier alpha value is -2.38. The van der Waals surface area contributed by atoms with E-state index in [4.69, 9.17) is 17.3 Å². The van der Waals surface area contributed by atoms with Crippen LogP contribution in [0.4, 0.5) is 10.1 Å². The molecule has 2 fully saturated rings. The van der Waals surface area contributed by atoms with E-state index in [1.807, 2.05) is 4.90 Å². The van der Waals surface area contributed by atoms with Crippen LogP contribution < -0.4 is 16.1 Å². The van der Waals surface area contributed by atoms with Crippen molar-refractivity contribution in [3.05, 3.63) is 50.5 Å². The van der Waals surface area contributed by atoms with Gasteiger partial charge in [-0.05, 0) is 37.3 Å². The third-order valence-electron chi connectivity index (χ3n) is 6.36. The molecular formula is C21H21ClFN3O3. The van der Waals surface area contributed by atoms with Crippen LogP contribution in [0.2, 0.25) is 5.02 Å². The summed E-state index contributed by atoms with van der Waals surface area (Å²) in [5.41, 5.74) is 7.07. The number of anilines is 1. The first kappa shape index (κ1) is 18.6. The average molecular weight is 418 g/mol. The second kappa shape index (κ2) is 6.57. The van der Waals surface area contributed by atoms with E-state index in [2.05, 4.69) is 6.08 Å². The van der Waals surface area contributed by atoms with Crippen molar-refractivity contribution >= 4 is 34.2 Å². The fraction of sp³-hybridized carbons (Fsp3) is 0.429. The number of hydrogen-bond acceptors (Lipinski definition) is 4. The first-order chi connectivity index (χ1) is 13.9. The molecule has 0 spiro atoms. The van der Waals surface area contributed by atoms with Gasteiger partial charge in [-0.3, -0.25) is 4.79 Å². The number of nitrogens with two attached hydrogens (primary N) is 1. The lowest BCUT2D eigenvalue weighted by molar-refractivity contribution is 0.0695. The topological polar surface area (TPSA) is 88.6 Å². The minimum absolute atomic E-state index is 0.00980. The summed E-state index contributed by atoms with van der Waals surface area (Å²) in [6, 6.07) is 1.26. The number of benzene rings is 1. The minimum atomic E-state index is -1.32. The predicted octanol–water partition coefficient (Wildman–Crippen LogP) is 3.31. The fourth-order valence-corrected chi connectivity index (χ4v) is 5.14. The number of hydrogen-bond donors (Lipinski definition) is 2. The maximum atomic E-state index is 15.2. The number of rotatable bonds is 3. The SMILES string of the molecule is NC1CCC=C2CN(c3c(F)cc4c(=O)c(C(=O)O)cn(C5CC5)c4c3Cl)CC21. The van der Waals surface area contributed by atoms with Gasteiger partial charge in [-0.2, -0.15) is 0 Å². The lowest BCUT2D eigenvalue weighted by atomic mass is 9.86. The van der Waals surface area contributed by atoms with Crippen LogP contribution >= 0.6 is 11.6 Å². The zero-order valence-corrected chi connectivity index (χ0v) is 16.5. The van der Waals surface area contributed by atoms with Crippen LogP contribution in [0.25, 0.3) is 10.9 Å². The largest absolute Gasteiger partial charge is 0.477 e. The molecule has 1 aromatic heterocycles. The number of carboxylic acid groups (broad SMARTS) is 1. The van der Waals surface area contributed by atoms with Crippen LogP contribution in [0.1, 0.15) is 42.1 Å². The van der Waals surface area contributed by atoms with E-state index < -0.39 is 17.2 Å². The molecule has 0 amide bonds. The summed E-state index contributed by atoms with van der Waals surface area (Å²) >= 11 is 6.70. The fourth-order valence-electron chi connectivity index (χ4n) is 4.73. The molecule has 2 unspecified atom stereocenters. The summed E-state index contributed by atoms with van der Waals surface area (Å²) in [6.45, 7) is 1.14. The van der Waals surface area contributed by atoms with Crippen LogP contribution in [-0.4, -0.2) is 34.8 Å². The van der Waals surface area contributed by atoms with Crippen LogP contribution in [0, 0.1) is 11.7 Å². The summed E-state index contributed by atoms with van der Waals surface area (Å²) in [6.07, 6.45) is 7.10. The smallest absolute Gasteiger partial charge is 0.341 e.